The summed E-state index contributed by atoms with van der Waals surface area (Å²) in [4.78, 5) is 20.7. The summed E-state index contributed by atoms with van der Waals surface area (Å²) >= 11 is 1.83. The van der Waals surface area contributed by atoms with Crippen molar-refractivity contribution < 1.29 is 4.79 Å². The van der Waals surface area contributed by atoms with Gasteiger partial charge in [-0.15, -0.1) is 11.3 Å². The number of aryl methyl sites for hydroxylation is 3. The Kier molecular flexibility index (Phi) is 3.75. The van der Waals surface area contributed by atoms with Crippen LogP contribution in [0.1, 0.15) is 40.8 Å². The molecular weight excluding hydrogens is 284 g/mol. The smallest absolute Gasteiger partial charge is 0.231 e. The van der Waals surface area contributed by atoms with Crippen LogP contribution < -0.4 is 5.73 Å². The quantitative estimate of drug-likeness (QED) is 0.943. The minimum atomic E-state index is -0.246. The average Bonchev–Trinajstić information content (AvgIpc) is 2.88. The molecule has 3 heterocycles. The molecule has 0 radical (unpaired) electrons. The number of carbonyl (C=O) groups is 1. The molecule has 0 bridgehead atoms. The Bertz CT molecular complexity index is 687. The van der Waals surface area contributed by atoms with Crippen molar-refractivity contribution in [3.63, 3.8) is 0 Å². The van der Waals surface area contributed by atoms with Crippen LogP contribution in [0.4, 0.5) is 0 Å². The van der Waals surface area contributed by atoms with E-state index in [1.54, 1.807) is 0 Å². The van der Waals surface area contributed by atoms with Crippen molar-refractivity contribution in [2.24, 2.45) is 5.73 Å². The number of amides is 1. The number of thiazole rings is 1. The van der Waals surface area contributed by atoms with E-state index in [0.717, 1.165) is 31.8 Å². The first-order chi connectivity index (χ1) is 9.97. The van der Waals surface area contributed by atoms with Crippen LogP contribution in [0.15, 0.2) is 0 Å². The lowest BCUT2D eigenvalue weighted by atomic mass is 9.95. The highest BCUT2D eigenvalue weighted by atomic mass is 32.1. The summed E-state index contributed by atoms with van der Waals surface area (Å²) < 4.78 is 2.27. The molecule has 0 unspecified atom stereocenters. The molecule has 1 atom stereocenters. The van der Waals surface area contributed by atoms with Crippen LogP contribution in [0.2, 0.25) is 0 Å². The molecule has 114 valence electrons. The van der Waals surface area contributed by atoms with Crippen LogP contribution in [0.25, 0.3) is 4.83 Å². The van der Waals surface area contributed by atoms with Crippen molar-refractivity contribution >= 4 is 22.1 Å². The van der Waals surface area contributed by atoms with Gasteiger partial charge in [0.2, 0.25) is 5.91 Å². The van der Waals surface area contributed by atoms with E-state index >= 15 is 0 Å². The van der Waals surface area contributed by atoms with Crippen LogP contribution in [0, 0.1) is 20.8 Å². The lowest BCUT2D eigenvalue weighted by Crippen LogP contribution is -2.40. The maximum Gasteiger partial charge on any atom is 0.231 e. The van der Waals surface area contributed by atoms with Crippen molar-refractivity contribution in [3.05, 3.63) is 22.1 Å². The van der Waals surface area contributed by atoms with E-state index in [4.69, 9.17) is 10.7 Å². The second kappa shape index (κ2) is 5.42. The summed E-state index contributed by atoms with van der Waals surface area (Å²) in [6.07, 6.45) is 2.23. The van der Waals surface area contributed by atoms with Gasteiger partial charge in [0, 0.05) is 23.0 Å². The van der Waals surface area contributed by atoms with Gasteiger partial charge in [0.05, 0.1) is 12.2 Å². The van der Waals surface area contributed by atoms with E-state index < -0.39 is 0 Å². The predicted octanol–water partition coefficient (Wildman–Crippen LogP) is 1.99. The lowest BCUT2D eigenvalue weighted by molar-refractivity contribution is -0.119. The van der Waals surface area contributed by atoms with Crippen molar-refractivity contribution in [2.75, 3.05) is 19.6 Å². The number of piperidine rings is 1. The van der Waals surface area contributed by atoms with E-state index in [1.165, 1.54) is 21.1 Å². The second-order valence-electron chi connectivity index (χ2n) is 5.97. The number of primary amides is 1. The van der Waals surface area contributed by atoms with E-state index in [9.17, 15) is 4.79 Å². The molecule has 1 saturated heterocycles. The fraction of sp³-hybridized carbons (Fsp3) is 0.600. The van der Waals surface area contributed by atoms with Gasteiger partial charge < -0.3 is 5.73 Å². The van der Waals surface area contributed by atoms with Gasteiger partial charge in [0.15, 0.2) is 0 Å². The second-order valence-corrected chi connectivity index (χ2v) is 7.17. The number of likely N-dealkylation sites (tertiary alicyclic amines) is 1. The van der Waals surface area contributed by atoms with Gasteiger partial charge in [-0.25, -0.2) is 4.98 Å². The van der Waals surface area contributed by atoms with Gasteiger partial charge in [0.1, 0.15) is 10.7 Å². The van der Waals surface area contributed by atoms with Crippen molar-refractivity contribution in [3.8, 4) is 0 Å². The molecule has 1 aliphatic rings. The minimum absolute atomic E-state index is 0.246. The molecule has 21 heavy (non-hydrogen) atoms. The first-order valence-corrected chi connectivity index (χ1v) is 8.24. The number of imidazole rings is 1. The summed E-state index contributed by atoms with van der Waals surface area (Å²) in [6.45, 7) is 8.58. The number of carbonyl (C=O) groups excluding carboxylic acids is 1. The Morgan fingerprint density at radius 3 is 2.90 bits per heavy atom. The Labute approximate surface area is 128 Å². The molecule has 2 aromatic rings. The molecular formula is C15H22N4OS. The molecule has 2 aromatic heterocycles. The van der Waals surface area contributed by atoms with Crippen LogP contribution in [0.5, 0.6) is 0 Å². The number of nitrogens with zero attached hydrogens (tertiary/aromatic N) is 3. The van der Waals surface area contributed by atoms with Crippen molar-refractivity contribution in [2.45, 2.75) is 39.5 Å². The van der Waals surface area contributed by atoms with Gasteiger partial charge in [-0.3, -0.25) is 14.1 Å². The highest BCUT2D eigenvalue weighted by molar-refractivity contribution is 7.17. The molecule has 0 aromatic carbocycles. The molecule has 1 aliphatic heterocycles. The van der Waals surface area contributed by atoms with Gasteiger partial charge in [0.25, 0.3) is 0 Å². The van der Waals surface area contributed by atoms with Crippen molar-refractivity contribution in [1.82, 2.24) is 14.3 Å². The Balaban J connectivity index is 1.93. The number of fused-ring (bicyclic) bond motifs is 1. The first-order valence-electron chi connectivity index (χ1n) is 7.43. The van der Waals surface area contributed by atoms with Crippen LogP contribution in [-0.2, 0) is 4.79 Å². The Morgan fingerprint density at radius 1 is 1.43 bits per heavy atom. The number of nitrogens with two attached hydrogens (primary N) is 1. The van der Waals surface area contributed by atoms with Gasteiger partial charge >= 0.3 is 0 Å². The van der Waals surface area contributed by atoms with Gasteiger partial charge in [-0.05, 0) is 40.2 Å². The third-order valence-corrected chi connectivity index (χ3v) is 5.58. The predicted molar refractivity (Wildman–Crippen MR) is 84.9 cm³/mol. The van der Waals surface area contributed by atoms with E-state index in [2.05, 4.69) is 30.1 Å². The van der Waals surface area contributed by atoms with E-state index in [-0.39, 0.29) is 5.91 Å². The third kappa shape index (κ3) is 2.58. The number of aromatic nitrogens is 2. The summed E-state index contributed by atoms with van der Waals surface area (Å²) in [5.74, 6) is 1.22. The summed E-state index contributed by atoms with van der Waals surface area (Å²) in [5, 5.41) is 0. The largest absolute Gasteiger partial charge is 0.369 e. The Hall–Kier alpha value is -1.40. The molecule has 1 amide bonds. The molecule has 5 nitrogen and oxygen atoms in total. The molecule has 0 spiro atoms. The fourth-order valence-electron chi connectivity index (χ4n) is 3.31. The molecule has 2 N–H and O–H groups in total. The van der Waals surface area contributed by atoms with Crippen LogP contribution >= 0.6 is 11.3 Å². The normalized spacial score (nSPS) is 20.2. The molecule has 1 fully saturated rings. The third-order valence-electron chi connectivity index (χ3n) is 4.39. The van der Waals surface area contributed by atoms with Gasteiger partial charge in [-0.1, -0.05) is 0 Å². The SMILES string of the molecule is Cc1sc2c([C@H]3CCCN(CC(N)=O)C3)nc(C)n2c1C. The number of hydrogen-bond acceptors (Lipinski definition) is 4. The number of hydrogen-bond donors (Lipinski definition) is 1. The molecule has 0 saturated carbocycles. The highest BCUT2D eigenvalue weighted by Crippen LogP contribution is 2.34. The standard InChI is InChI=1S/C15H22N4OS/c1-9-10(2)21-15-14(17-11(3)19(9)15)12-5-4-6-18(7-12)8-13(16)20/h12H,4-8H2,1-3H3,(H2,16,20)/t12-/m0/s1. The lowest BCUT2D eigenvalue weighted by Gasteiger charge is -2.30. The zero-order chi connectivity index (χ0) is 15.1. The average molecular weight is 306 g/mol. The minimum Gasteiger partial charge on any atom is -0.369 e. The topological polar surface area (TPSA) is 63.6 Å². The summed E-state index contributed by atoms with van der Waals surface area (Å²) in [5.41, 5.74) is 7.81. The van der Waals surface area contributed by atoms with E-state index in [1.807, 2.05) is 11.3 Å². The summed E-state index contributed by atoms with van der Waals surface area (Å²) in [7, 11) is 0. The first kappa shape index (κ1) is 14.5. The summed E-state index contributed by atoms with van der Waals surface area (Å²) in [6, 6.07) is 0. The monoisotopic (exact) mass is 306 g/mol. The van der Waals surface area contributed by atoms with Crippen molar-refractivity contribution in [1.29, 1.82) is 0 Å². The molecule has 3 rings (SSSR count). The van der Waals surface area contributed by atoms with E-state index in [0.29, 0.717) is 12.5 Å². The highest BCUT2D eigenvalue weighted by Gasteiger charge is 2.27. The van der Waals surface area contributed by atoms with Crippen LogP contribution in [0.3, 0.4) is 0 Å². The van der Waals surface area contributed by atoms with Crippen LogP contribution in [-0.4, -0.2) is 39.8 Å². The van der Waals surface area contributed by atoms with Gasteiger partial charge in [-0.2, -0.15) is 0 Å². The molecule has 6 heteroatoms. The Morgan fingerprint density at radius 2 is 2.19 bits per heavy atom. The zero-order valence-electron chi connectivity index (χ0n) is 12.8. The zero-order valence-corrected chi connectivity index (χ0v) is 13.7. The fourth-order valence-corrected chi connectivity index (χ4v) is 4.52. The maximum atomic E-state index is 11.1. The molecule has 0 aliphatic carbocycles. The number of rotatable bonds is 3. The maximum absolute atomic E-state index is 11.1.